The van der Waals surface area contributed by atoms with Gasteiger partial charge in [-0.25, -0.2) is 4.39 Å². The van der Waals surface area contributed by atoms with Crippen molar-refractivity contribution in [2.45, 2.75) is 38.5 Å². The van der Waals surface area contributed by atoms with E-state index < -0.39 is 12.3 Å². The van der Waals surface area contributed by atoms with Crippen LogP contribution < -0.4 is 0 Å². The van der Waals surface area contributed by atoms with Crippen molar-refractivity contribution in [3.05, 3.63) is 0 Å². The topological polar surface area (TPSA) is 20.2 Å². The van der Waals surface area contributed by atoms with Gasteiger partial charge in [-0.3, -0.25) is 0 Å². The first-order valence-electron chi connectivity index (χ1n) is 3.52. The van der Waals surface area contributed by atoms with Gasteiger partial charge < -0.3 is 5.11 Å². The van der Waals surface area contributed by atoms with E-state index in [-0.39, 0.29) is 0 Å². The molecule has 1 rings (SSSR count). The second kappa shape index (κ2) is 2.65. The van der Waals surface area contributed by atoms with Crippen LogP contribution in [0.2, 0.25) is 0 Å². The van der Waals surface area contributed by atoms with Gasteiger partial charge in [0, 0.05) is 0 Å². The summed E-state index contributed by atoms with van der Waals surface area (Å²) in [5, 5.41) is 8.97. The van der Waals surface area contributed by atoms with Crippen LogP contribution in [0.1, 0.15) is 26.2 Å². The predicted octanol–water partition coefficient (Wildman–Crippen LogP) is 1.51. The molecule has 0 unspecified atom stereocenters. The number of alkyl halides is 1. The molecule has 1 nitrogen and oxygen atoms in total. The molecule has 1 saturated carbocycles. The van der Waals surface area contributed by atoms with Gasteiger partial charge in [-0.15, -0.1) is 0 Å². The standard InChI is InChI=1S/C7H13FO/c1-5-2-3-6(8)7(9)4-5/h5-7,9H,2-4H2,1H3/t5-,6+,7-/m1/s1. The van der Waals surface area contributed by atoms with Crippen molar-refractivity contribution in [1.82, 2.24) is 0 Å². The van der Waals surface area contributed by atoms with Gasteiger partial charge in [-0.2, -0.15) is 0 Å². The zero-order valence-electron chi connectivity index (χ0n) is 5.68. The van der Waals surface area contributed by atoms with Gasteiger partial charge >= 0.3 is 0 Å². The van der Waals surface area contributed by atoms with E-state index >= 15 is 0 Å². The summed E-state index contributed by atoms with van der Waals surface area (Å²) >= 11 is 0. The Labute approximate surface area is 54.9 Å². The van der Waals surface area contributed by atoms with Crippen LogP contribution in [0.5, 0.6) is 0 Å². The van der Waals surface area contributed by atoms with Crippen LogP contribution in [0.4, 0.5) is 4.39 Å². The third kappa shape index (κ3) is 1.65. The normalized spacial score (nSPS) is 45.0. The summed E-state index contributed by atoms with van der Waals surface area (Å²) in [6, 6.07) is 0. The zero-order chi connectivity index (χ0) is 6.85. The molecule has 0 heterocycles. The first-order valence-corrected chi connectivity index (χ1v) is 3.52. The van der Waals surface area contributed by atoms with E-state index in [0.29, 0.717) is 18.8 Å². The molecule has 0 bridgehead atoms. The fraction of sp³-hybridized carbons (Fsp3) is 1.00. The molecule has 0 radical (unpaired) electrons. The van der Waals surface area contributed by atoms with Crippen LogP contribution in [-0.2, 0) is 0 Å². The summed E-state index contributed by atoms with van der Waals surface area (Å²) < 4.78 is 12.5. The molecule has 0 aromatic rings. The molecule has 1 aliphatic rings. The maximum atomic E-state index is 12.5. The Morgan fingerprint density at radius 2 is 2.11 bits per heavy atom. The lowest BCUT2D eigenvalue weighted by atomic mass is 9.88. The highest BCUT2D eigenvalue weighted by Crippen LogP contribution is 2.25. The van der Waals surface area contributed by atoms with Crippen molar-refractivity contribution in [3.63, 3.8) is 0 Å². The number of aliphatic hydroxyl groups is 1. The average molecular weight is 132 g/mol. The minimum absolute atomic E-state index is 0.506. The summed E-state index contributed by atoms with van der Waals surface area (Å²) in [6.45, 7) is 2.05. The molecule has 0 saturated heterocycles. The van der Waals surface area contributed by atoms with Gasteiger partial charge in [0.05, 0.1) is 6.10 Å². The molecule has 1 aliphatic carbocycles. The van der Waals surface area contributed by atoms with Crippen LogP contribution in [-0.4, -0.2) is 17.4 Å². The van der Waals surface area contributed by atoms with Crippen molar-refractivity contribution in [3.8, 4) is 0 Å². The minimum Gasteiger partial charge on any atom is -0.390 e. The van der Waals surface area contributed by atoms with E-state index in [2.05, 4.69) is 6.92 Å². The van der Waals surface area contributed by atoms with Crippen molar-refractivity contribution in [2.24, 2.45) is 5.92 Å². The third-order valence-corrected chi connectivity index (χ3v) is 2.00. The summed E-state index contributed by atoms with van der Waals surface area (Å²) in [5.74, 6) is 0.506. The van der Waals surface area contributed by atoms with Gasteiger partial charge in [0.2, 0.25) is 0 Å². The highest BCUT2D eigenvalue weighted by atomic mass is 19.1. The lowest BCUT2D eigenvalue weighted by Gasteiger charge is -2.25. The molecule has 0 amide bonds. The summed E-state index contributed by atoms with van der Waals surface area (Å²) in [4.78, 5) is 0. The Bertz CT molecular complexity index is 94.9. The lowest BCUT2D eigenvalue weighted by molar-refractivity contribution is 0.0261. The first-order chi connectivity index (χ1) is 4.20. The fourth-order valence-corrected chi connectivity index (χ4v) is 1.31. The predicted molar refractivity (Wildman–Crippen MR) is 33.9 cm³/mol. The Hall–Kier alpha value is -0.110. The molecule has 54 valence electrons. The van der Waals surface area contributed by atoms with E-state index in [9.17, 15) is 4.39 Å². The molecule has 0 aliphatic heterocycles. The highest BCUT2D eigenvalue weighted by Gasteiger charge is 2.25. The Morgan fingerprint density at radius 3 is 2.56 bits per heavy atom. The molecular weight excluding hydrogens is 119 g/mol. The quantitative estimate of drug-likeness (QED) is 0.529. The van der Waals surface area contributed by atoms with Crippen LogP contribution in [0.3, 0.4) is 0 Å². The first kappa shape index (κ1) is 7.00. The van der Waals surface area contributed by atoms with E-state index in [1.807, 2.05) is 0 Å². The van der Waals surface area contributed by atoms with Gasteiger partial charge in [0.1, 0.15) is 6.17 Å². The number of hydrogen-bond acceptors (Lipinski definition) is 1. The lowest BCUT2D eigenvalue weighted by Crippen LogP contribution is -2.29. The van der Waals surface area contributed by atoms with Crippen LogP contribution >= 0.6 is 0 Å². The van der Waals surface area contributed by atoms with Gasteiger partial charge in [0.25, 0.3) is 0 Å². The minimum atomic E-state index is -0.957. The van der Waals surface area contributed by atoms with Crippen molar-refractivity contribution in [1.29, 1.82) is 0 Å². The molecule has 9 heavy (non-hydrogen) atoms. The van der Waals surface area contributed by atoms with E-state index in [0.717, 1.165) is 6.42 Å². The summed E-state index contributed by atoms with van der Waals surface area (Å²) in [5.41, 5.74) is 0. The highest BCUT2D eigenvalue weighted by molar-refractivity contribution is 4.76. The third-order valence-electron chi connectivity index (χ3n) is 2.00. The second-order valence-electron chi connectivity index (χ2n) is 3.00. The molecule has 3 atom stereocenters. The average Bonchev–Trinajstić information content (AvgIpc) is 1.80. The largest absolute Gasteiger partial charge is 0.390 e. The van der Waals surface area contributed by atoms with Crippen LogP contribution in [0.15, 0.2) is 0 Å². The van der Waals surface area contributed by atoms with Gasteiger partial charge in [-0.05, 0) is 25.2 Å². The van der Waals surface area contributed by atoms with Crippen LogP contribution in [0.25, 0.3) is 0 Å². The molecule has 0 aromatic heterocycles. The molecular formula is C7H13FO. The van der Waals surface area contributed by atoms with Crippen LogP contribution in [0, 0.1) is 5.92 Å². The van der Waals surface area contributed by atoms with E-state index in [4.69, 9.17) is 5.11 Å². The van der Waals surface area contributed by atoms with E-state index in [1.165, 1.54) is 0 Å². The zero-order valence-corrected chi connectivity index (χ0v) is 5.68. The monoisotopic (exact) mass is 132 g/mol. The van der Waals surface area contributed by atoms with Gasteiger partial charge in [0.15, 0.2) is 0 Å². The Morgan fingerprint density at radius 1 is 1.44 bits per heavy atom. The van der Waals surface area contributed by atoms with Gasteiger partial charge in [-0.1, -0.05) is 6.92 Å². The maximum Gasteiger partial charge on any atom is 0.126 e. The molecule has 2 heteroatoms. The Balaban J connectivity index is 2.35. The van der Waals surface area contributed by atoms with Crippen molar-refractivity contribution in [2.75, 3.05) is 0 Å². The molecule has 0 spiro atoms. The number of rotatable bonds is 0. The van der Waals surface area contributed by atoms with Crippen molar-refractivity contribution < 1.29 is 9.50 Å². The smallest absolute Gasteiger partial charge is 0.126 e. The molecule has 0 aromatic carbocycles. The fourth-order valence-electron chi connectivity index (χ4n) is 1.31. The number of halogens is 1. The summed E-state index contributed by atoms with van der Waals surface area (Å²) in [7, 11) is 0. The van der Waals surface area contributed by atoms with E-state index in [1.54, 1.807) is 0 Å². The maximum absolute atomic E-state index is 12.5. The molecule has 1 fully saturated rings. The molecule has 1 N–H and O–H groups in total. The summed E-state index contributed by atoms with van der Waals surface area (Å²) in [6.07, 6.45) is 0.469. The number of aliphatic hydroxyl groups excluding tert-OH is 1. The van der Waals surface area contributed by atoms with Crippen molar-refractivity contribution >= 4 is 0 Å². The second-order valence-corrected chi connectivity index (χ2v) is 3.00. The number of hydrogen-bond donors (Lipinski definition) is 1. The Kier molecular flexibility index (Phi) is 2.06. The SMILES string of the molecule is C[C@@H]1CC[C@H](F)[C@H](O)C1.